The number of anilines is 1. The van der Waals surface area contributed by atoms with Crippen molar-refractivity contribution in [3.63, 3.8) is 0 Å². The number of ether oxygens (including phenoxy) is 1. The van der Waals surface area contributed by atoms with E-state index in [0.717, 1.165) is 10.4 Å². The molecule has 1 aromatic rings. The molecule has 9 heteroatoms. The fraction of sp³-hybridized carbons (Fsp3) is 0.538. The smallest absolute Gasteiger partial charge is 0.341 e. The number of aryl methyl sites for hydroxylation is 1. The molecule has 6 nitrogen and oxygen atoms in total. The van der Waals surface area contributed by atoms with E-state index in [1.807, 2.05) is 6.92 Å². The van der Waals surface area contributed by atoms with Crippen LogP contribution in [-0.2, 0) is 19.8 Å². The maximum atomic E-state index is 12.8. The second kappa shape index (κ2) is 5.96. The summed E-state index contributed by atoms with van der Waals surface area (Å²) >= 11 is 1.27. The van der Waals surface area contributed by atoms with E-state index in [2.05, 4.69) is 0 Å². The topological polar surface area (TPSA) is 80.8 Å². The molecule has 1 amide bonds. The molecule has 2 rings (SSSR count). The summed E-state index contributed by atoms with van der Waals surface area (Å²) in [7, 11) is -3.38. The normalized spacial score (nSPS) is 18.8. The van der Waals surface area contributed by atoms with Gasteiger partial charge >= 0.3 is 16.2 Å². The molecule has 122 valence electrons. The summed E-state index contributed by atoms with van der Waals surface area (Å²) in [5.41, 5.74) is 1.03. The highest BCUT2D eigenvalue weighted by Gasteiger charge is 2.37. The minimum Gasteiger partial charge on any atom is -0.465 e. The Morgan fingerprint density at radius 1 is 1.45 bits per heavy atom. The Kier molecular flexibility index (Phi) is 4.57. The third-order valence-corrected chi connectivity index (χ3v) is 5.74. The van der Waals surface area contributed by atoms with Gasteiger partial charge in [0.1, 0.15) is 5.00 Å². The summed E-state index contributed by atoms with van der Waals surface area (Å²) in [4.78, 5) is 26.3. The zero-order valence-corrected chi connectivity index (χ0v) is 14.0. The van der Waals surface area contributed by atoms with Gasteiger partial charge in [-0.3, -0.25) is 4.79 Å². The summed E-state index contributed by atoms with van der Waals surface area (Å²) in [6.07, 6.45) is -0.0558. The first-order valence-electron chi connectivity index (χ1n) is 6.55. The van der Waals surface area contributed by atoms with Crippen molar-refractivity contribution in [3.05, 3.63) is 16.0 Å². The molecule has 1 aliphatic rings. The van der Waals surface area contributed by atoms with Gasteiger partial charge in [-0.1, -0.05) is 0 Å². The van der Waals surface area contributed by atoms with Crippen molar-refractivity contribution in [2.24, 2.45) is 5.92 Å². The first-order valence-corrected chi connectivity index (χ1v) is 8.92. The Morgan fingerprint density at radius 3 is 2.64 bits per heavy atom. The Bertz CT molecular complexity index is 725. The number of hydrogen-bond donors (Lipinski definition) is 0. The number of amides is 1. The summed E-state index contributed by atoms with van der Waals surface area (Å²) in [6, 6.07) is 0. The molecule has 22 heavy (non-hydrogen) atoms. The van der Waals surface area contributed by atoms with Gasteiger partial charge in [-0.2, -0.15) is 8.42 Å². The molecule has 0 saturated carbocycles. The van der Waals surface area contributed by atoms with Crippen molar-refractivity contribution in [3.8, 4) is 0 Å². The molecule has 1 saturated heterocycles. The van der Waals surface area contributed by atoms with Crippen molar-refractivity contribution in [1.29, 1.82) is 0 Å². The monoisotopic (exact) mass is 349 g/mol. The SMILES string of the molecule is COC(=O)c1c(N2CC(CS(=O)(=O)F)CC2=O)sc(C)c1C. The molecule has 0 aliphatic carbocycles. The third-order valence-electron chi connectivity index (χ3n) is 3.64. The average molecular weight is 349 g/mol. The second-order valence-electron chi connectivity index (χ2n) is 5.23. The van der Waals surface area contributed by atoms with E-state index in [-0.39, 0.29) is 18.9 Å². The van der Waals surface area contributed by atoms with E-state index in [4.69, 9.17) is 4.74 Å². The first kappa shape index (κ1) is 16.9. The van der Waals surface area contributed by atoms with Crippen LogP contribution in [0.2, 0.25) is 0 Å². The lowest BCUT2D eigenvalue weighted by Crippen LogP contribution is -2.26. The van der Waals surface area contributed by atoms with Gasteiger partial charge in [-0.25, -0.2) is 4.79 Å². The van der Waals surface area contributed by atoms with Crippen LogP contribution in [0.3, 0.4) is 0 Å². The lowest BCUT2D eigenvalue weighted by atomic mass is 10.1. The van der Waals surface area contributed by atoms with E-state index in [1.165, 1.54) is 23.3 Å². The fourth-order valence-electron chi connectivity index (χ4n) is 2.51. The van der Waals surface area contributed by atoms with Crippen molar-refractivity contribution >= 4 is 38.4 Å². The molecule has 0 N–H and O–H groups in total. The van der Waals surface area contributed by atoms with Crippen LogP contribution in [0.5, 0.6) is 0 Å². The number of hydrogen-bond acceptors (Lipinski definition) is 6. The minimum atomic E-state index is -4.64. The number of esters is 1. The van der Waals surface area contributed by atoms with Crippen LogP contribution in [0.4, 0.5) is 8.89 Å². The predicted octanol–water partition coefficient (Wildman–Crippen LogP) is 1.80. The van der Waals surface area contributed by atoms with E-state index in [9.17, 15) is 21.9 Å². The molecular formula is C13H16FNO5S2. The molecule has 1 aliphatic heterocycles. The summed E-state index contributed by atoms with van der Waals surface area (Å²) in [6.45, 7) is 3.65. The van der Waals surface area contributed by atoms with E-state index >= 15 is 0 Å². The van der Waals surface area contributed by atoms with Gasteiger partial charge in [-0.05, 0) is 19.4 Å². The molecule has 0 radical (unpaired) electrons. The van der Waals surface area contributed by atoms with Crippen LogP contribution >= 0.6 is 11.3 Å². The zero-order chi connectivity index (χ0) is 16.7. The number of carbonyl (C=O) groups is 2. The molecule has 0 aromatic carbocycles. The zero-order valence-electron chi connectivity index (χ0n) is 12.4. The number of methoxy groups -OCH3 is 1. The highest BCUT2D eigenvalue weighted by Crippen LogP contribution is 2.39. The van der Waals surface area contributed by atoms with Gasteiger partial charge in [0.2, 0.25) is 5.91 Å². The maximum absolute atomic E-state index is 12.8. The van der Waals surface area contributed by atoms with E-state index in [0.29, 0.717) is 10.6 Å². The Hall–Kier alpha value is -1.48. The van der Waals surface area contributed by atoms with Crippen LogP contribution in [0, 0.1) is 19.8 Å². The molecule has 0 spiro atoms. The Labute approximate surface area is 132 Å². The van der Waals surface area contributed by atoms with Gasteiger partial charge in [-0.15, -0.1) is 15.2 Å². The quantitative estimate of drug-likeness (QED) is 0.612. The number of carbonyl (C=O) groups excluding carboxylic acids is 2. The van der Waals surface area contributed by atoms with E-state index in [1.54, 1.807) is 6.92 Å². The van der Waals surface area contributed by atoms with Crippen molar-refractivity contribution in [2.75, 3.05) is 24.3 Å². The Balaban J connectivity index is 2.35. The summed E-state index contributed by atoms with van der Waals surface area (Å²) < 4.78 is 39.0. The fourth-order valence-corrected chi connectivity index (χ4v) is 4.47. The molecule has 1 aromatic heterocycles. The van der Waals surface area contributed by atoms with Gasteiger partial charge in [0.15, 0.2) is 0 Å². The number of halogens is 1. The van der Waals surface area contributed by atoms with E-state index < -0.39 is 27.9 Å². The van der Waals surface area contributed by atoms with Crippen molar-refractivity contribution < 1.29 is 26.6 Å². The lowest BCUT2D eigenvalue weighted by Gasteiger charge is -2.16. The van der Waals surface area contributed by atoms with Crippen molar-refractivity contribution in [1.82, 2.24) is 0 Å². The van der Waals surface area contributed by atoms with Crippen LogP contribution < -0.4 is 4.90 Å². The Morgan fingerprint density at radius 2 is 2.09 bits per heavy atom. The van der Waals surface area contributed by atoms with Gasteiger partial charge < -0.3 is 9.64 Å². The molecule has 2 heterocycles. The van der Waals surface area contributed by atoms with Crippen LogP contribution in [-0.4, -0.2) is 39.7 Å². The number of rotatable bonds is 4. The van der Waals surface area contributed by atoms with Crippen LogP contribution in [0.15, 0.2) is 0 Å². The molecule has 1 fully saturated rings. The molecule has 1 unspecified atom stereocenters. The average Bonchev–Trinajstić information content (AvgIpc) is 2.88. The maximum Gasteiger partial charge on any atom is 0.341 e. The highest BCUT2D eigenvalue weighted by atomic mass is 32.3. The van der Waals surface area contributed by atoms with Gasteiger partial charge in [0.05, 0.1) is 18.4 Å². The number of thiophene rings is 1. The highest BCUT2D eigenvalue weighted by molar-refractivity contribution is 7.86. The summed E-state index contributed by atoms with van der Waals surface area (Å²) in [5, 5.41) is 0.436. The third kappa shape index (κ3) is 3.30. The van der Waals surface area contributed by atoms with Crippen LogP contribution in [0.25, 0.3) is 0 Å². The summed E-state index contributed by atoms with van der Waals surface area (Å²) in [5.74, 6) is -2.17. The minimum absolute atomic E-state index is 0.0558. The molecule has 1 atom stereocenters. The van der Waals surface area contributed by atoms with Crippen LogP contribution in [0.1, 0.15) is 27.2 Å². The first-order chi connectivity index (χ1) is 10.1. The molecular weight excluding hydrogens is 333 g/mol. The second-order valence-corrected chi connectivity index (χ2v) is 7.85. The lowest BCUT2D eigenvalue weighted by molar-refractivity contribution is -0.117. The molecule has 0 bridgehead atoms. The number of nitrogens with zero attached hydrogens (tertiary/aromatic N) is 1. The largest absolute Gasteiger partial charge is 0.465 e. The standard InChI is InChI=1S/C13H16FNO5S2/c1-7-8(2)21-12(11(7)13(17)20-3)15-5-9(4-10(15)16)6-22(14,18)19/h9H,4-6H2,1-3H3. The van der Waals surface area contributed by atoms with Crippen molar-refractivity contribution in [2.45, 2.75) is 20.3 Å². The predicted molar refractivity (Wildman–Crippen MR) is 80.5 cm³/mol. The van der Waals surface area contributed by atoms with Gasteiger partial charge in [0.25, 0.3) is 0 Å². The van der Waals surface area contributed by atoms with Gasteiger partial charge in [0, 0.05) is 23.8 Å².